The predicted octanol–water partition coefficient (Wildman–Crippen LogP) is 0.579. The highest BCUT2D eigenvalue weighted by atomic mass is 16.5. The van der Waals surface area contributed by atoms with Crippen LogP contribution in [0.1, 0.15) is 10.4 Å². The maximum absolute atomic E-state index is 12.2. The summed E-state index contributed by atoms with van der Waals surface area (Å²) < 4.78 is 4.96. The fraction of sp³-hybridized carbons (Fsp3) is 0.250. The normalized spacial score (nSPS) is 17.1. The number of nitrogens with zero attached hydrogens (tertiary/aromatic N) is 1. The van der Waals surface area contributed by atoms with Gasteiger partial charge in [0.05, 0.1) is 30.3 Å². The van der Waals surface area contributed by atoms with Crippen molar-refractivity contribution in [1.82, 2.24) is 9.97 Å². The minimum atomic E-state index is -1.07. The van der Waals surface area contributed by atoms with Crippen molar-refractivity contribution in [2.75, 3.05) is 13.2 Å². The first-order valence-corrected chi connectivity index (χ1v) is 5.40. The van der Waals surface area contributed by atoms with Crippen LogP contribution in [0, 0.1) is 16.7 Å². The summed E-state index contributed by atoms with van der Waals surface area (Å²) in [7, 11) is 0. The number of fused-ring (bicyclic) bond motifs is 1. The van der Waals surface area contributed by atoms with Gasteiger partial charge in [0, 0.05) is 5.56 Å². The molecule has 1 aliphatic rings. The largest absolute Gasteiger partial charge is 0.377 e. The molecule has 2 aromatic rings. The maximum Gasteiger partial charge on any atom is 0.323 e. The number of imidazole rings is 1. The lowest BCUT2D eigenvalue weighted by Gasteiger charge is -2.33. The van der Waals surface area contributed by atoms with E-state index >= 15 is 0 Å². The summed E-state index contributed by atoms with van der Waals surface area (Å²) in [5.41, 5.74) is 0.204. The van der Waals surface area contributed by atoms with Crippen LogP contribution >= 0.6 is 0 Å². The standard InChI is InChI=1S/C12H9N3O3/c13-4-12(5-18-6-12)10(16)7-1-2-8-9(3-7)15-11(17)14-8/h1-3H,5-6H2,(H2,14,15,17). The zero-order valence-corrected chi connectivity index (χ0v) is 9.32. The van der Waals surface area contributed by atoms with Gasteiger partial charge in [0.1, 0.15) is 0 Å². The smallest absolute Gasteiger partial charge is 0.323 e. The number of H-pyrrole nitrogens is 2. The lowest BCUT2D eigenvalue weighted by Crippen LogP contribution is -2.47. The third-order valence-electron chi connectivity index (χ3n) is 3.12. The number of aromatic amines is 2. The molecule has 0 radical (unpaired) electrons. The van der Waals surface area contributed by atoms with Crippen LogP contribution in [-0.2, 0) is 4.74 Å². The Morgan fingerprint density at radius 1 is 1.33 bits per heavy atom. The van der Waals surface area contributed by atoms with Crippen LogP contribution in [0.15, 0.2) is 23.0 Å². The van der Waals surface area contributed by atoms with Crippen LogP contribution in [0.5, 0.6) is 0 Å². The Morgan fingerprint density at radius 3 is 2.67 bits per heavy atom. The fourth-order valence-electron chi connectivity index (χ4n) is 2.00. The number of benzene rings is 1. The van der Waals surface area contributed by atoms with Crippen molar-refractivity contribution < 1.29 is 9.53 Å². The third-order valence-corrected chi connectivity index (χ3v) is 3.12. The first-order chi connectivity index (χ1) is 8.64. The second-order valence-electron chi connectivity index (χ2n) is 4.36. The Hall–Kier alpha value is -2.39. The molecule has 90 valence electrons. The van der Waals surface area contributed by atoms with Crippen LogP contribution in [-0.4, -0.2) is 29.0 Å². The molecule has 0 unspecified atom stereocenters. The third kappa shape index (κ3) is 1.38. The second-order valence-corrected chi connectivity index (χ2v) is 4.36. The molecular formula is C12H9N3O3. The van der Waals surface area contributed by atoms with E-state index in [9.17, 15) is 9.59 Å². The van der Waals surface area contributed by atoms with Crippen LogP contribution in [0.25, 0.3) is 11.0 Å². The van der Waals surface area contributed by atoms with Gasteiger partial charge in [0.2, 0.25) is 0 Å². The molecule has 2 N–H and O–H groups in total. The molecule has 1 fully saturated rings. The number of ketones is 1. The number of rotatable bonds is 2. The average molecular weight is 243 g/mol. The molecule has 6 heteroatoms. The Labute approximate surface area is 101 Å². The molecule has 0 amide bonds. The molecule has 2 heterocycles. The van der Waals surface area contributed by atoms with Gasteiger partial charge >= 0.3 is 5.69 Å². The van der Waals surface area contributed by atoms with Gasteiger partial charge in [-0.2, -0.15) is 5.26 Å². The molecule has 0 atom stereocenters. The number of carbonyl (C=O) groups excluding carboxylic acids is 1. The number of aromatic nitrogens is 2. The highest BCUT2D eigenvalue weighted by Gasteiger charge is 2.46. The Morgan fingerprint density at radius 2 is 2.06 bits per heavy atom. The molecule has 6 nitrogen and oxygen atoms in total. The molecule has 18 heavy (non-hydrogen) atoms. The van der Waals surface area contributed by atoms with Gasteiger partial charge in [-0.15, -0.1) is 0 Å². The summed E-state index contributed by atoms with van der Waals surface area (Å²) in [6, 6.07) is 6.84. The van der Waals surface area contributed by atoms with Gasteiger partial charge < -0.3 is 14.7 Å². The van der Waals surface area contributed by atoms with Crippen molar-refractivity contribution in [3.63, 3.8) is 0 Å². The summed E-state index contributed by atoms with van der Waals surface area (Å²) in [6.45, 7) is 0.258. The lowest BCUT2D eigenvalue weighted by molar-refractivity contribution is -0.0566. The first kappa shape index (κ1) is 10.7. The summed E-state index contributed by atoms with van der Waals surface area (Å²) in [5.74, 6) is -0.264. The highest BCUT2D eigenvalue weighted by molar-refractivity contribution is 6.04. The van der Waals surface area contributed by atoms with Gasteiger partial charge in [-0.25, -0.2) is 4.79 Å². The van der Waals surface area contributed by atoms with Crippen molar-refractivity contribution in [1.29, 1.82) is 5.26 Å². The van der Waals surface area contributed by atoms with Crippen LogP contribution in [0.3, 0.4) is 0 Å². The zero-order chi connectivity index (χ0) is 12.8. The Balaban J connectivity index is 2.07. The van der Waals surface area contributed by atoms with E-state index in [1.165, 1.54) is 0 Å². The van der Waals surface area contributed by atoms with Crippen molar-refractivity contribution in [2.24, 2.45) is 5.41 Å². The van der Waals surface area contributed by atoms with Gasteiger partial charge in [-0.05, 0) is 18.2 Å². The quantitative estimate of drug-likeness (QED) is 0.753. The number of carbonyl (C=O) groups is 1. The summed E-state index contributed by atoms with van der Waals surface area (Å²) >= 11 is 0. The Bertz CT molecular complexity index is 731. The number of nitrogens with one attached hydrogen (secondary N) is 2. The average Bonchev–Trinajstić information content (AvgIpc) is 2.67. The highest BCUT2D eigenvalue weighted by Crippen LogP contribution is 2.31. The molecule has 1 aromatic heterocycles. The van der Waals surface area contributed by atoms with Gasteiger partial charge in [-0.1, -0.05) is 0 Å². The fourth-order valence-corrected chi connectivity index (χ4v) is 2.00. The first-order valence-electron chi connectivity index (χ1n) is 5.40. The van der Waals surface area contributed by atoms with E-state index in [0.717, 1.165) is 0 Å². The second kappa shape index (κ2) is 3.55. The van der Waals surface area contributed by atoms with Gasteiger partial charge in [0.15, 0.2) is 11.2 Å². The van der Waals surface area contributed by atoms with E-state index in [0.29, 0.717) is 16.6 Å². The summed E-state index contributed by atoms with van der Waals surface area (Å²) in [6.07, 6.45) is 0. The van der Waals surface area contributed by atoms with Gasteiger partial charge in [0.25, 0.3) is 0 Å². The minimum Gasteiger partial charge on any atom is -0.377 e. The van der Waals surface area contributed by atoms with E-state index in [1.807, 2.05) is 6.07 Å². The van der Waals surface area contributed by atoms with Crippen LogP contribution < -0.4 is 5.69 Å². The number of hydrogen-bond acceptors (Lipinski definition) is 4. The van der Waals surface area contributed by atoms with Crippen molar-refractivity contribution in [3.8, 4) is 6.07 Å². The number of nitriles is 1. The molecule has 0 aliphatic carbocycles. The molecule has 1 aromatic carbocycles. The van der Waals surface area contributed by atoms with E-state index < -0.39 is 5.41 Å². The molecule has 0 bridgehead atoms. The van der Waals surface area contributed by atoms with Crippen molar-refractivity contribution >= 4 is 16.8 Å². The van der Waals surface area contributed by atoms with E-state index in [2.05, 4.69) is 9.97 Å². The number of hydrogen-bond donors (Lipinski definition) is 2. The summed E-state index contributed by atoms with van der Waals surface area (Å²) in [4.78, 5) is 28.5. The Kier molecular flexibility index (Phi) is 2.12. The zero-order valence-electron chi connectivity index (χ0n) is 9.32. The molecule has 1 saturated heterocycles. The minimum absolute atomic E-state index is 0.129. The van der Waals surface area contributed by atoms with E-state index in [1.54, 1.807) is 18.2 Å². The molecule has 3 rings (SSSR count). The molecule has 0 spiro atoms. The SMILES string of the molecule is N#CC1(C(=O)c2ccc3[nH]c(=O)[nH]c3c2)COC1. The summed E-state index contributed by atoms with van der Waals surface area (Å²) in [5, 5.41) is 9.07. The topological polar surface area (TPSA) is 98.7 Å². The molecule has 1 aliphatic heterocycles. The molecular weight excluding hydrogens is 234 g/mol. The lowest BCUT2D eigenvalue weighted by atomic mass is 9.80. The maximum atomic E-state index is 12.2. The van der Waals surface area contributed by atoms with E-state index in [4.69, 9.17) is 10.00 Å². The van der Waals surface area contributed by atoms with Gasteiger partial charge in [-0.3, -0.25) is 4.79 Å². The number of Topliss-reactive ketones (excluding diaryl/α,β-unsaturated/α-hetero) is 1. The van der Waals surface area contributed by atoms with E-state index in [-0.39, 0.29) is 24.7 Å². The monoisotopic (exact) mass is 243 g/mol. The van der Waals surface area contributed by atoms with Crippen LogP contribution in [0.4, 0.5) is 0 Å². The van der Waals surface area contributed by atoms with Crippen LogP contribution in [0.2, 0.25) is 0 Å². The van der Waals surface area contributed by atoms with Crippen molar-refractivity contribution in [2.45, 2.75) is 0 Å². The molecule has 0 saturated carbocycles. The number of ether oxygens (including phenoxy) is 1. The van der Waals surface area contributed by atoms with Crippen molar-refractivity contribution in [3.05, 3.63) is 34.2 Å². The predicted molar refractivity (Wildman–Crippen MR) is 62.1 cm³/mol.